The highest BCUT2D eigenvalue weighted by atomic mass is 14.5. The third kappa shape index (κ3) is 2.57. The Morgan fingerprint density at radius 1 is 1.08 bits per heavy atom. The Morgan fingerprint density at radius 2 is 1.77 bits per heavy atom. The smallest absolute Gasteiger partial charge is 0.0139 e. The molecule has 2 N–H and O–H groups in total. The van der Waals surface area contributed by atoms with E-state index in [-0.39, 0.29) is 0 Å². The Kier molecular flexibility index (Phi) is 3.05. The predicted octanol–water partition coefficient (Wildman–Crippen LogP) is 2.86. The van der Waals surface area contributed by atoms with E-state index in [0.717, 1.165) is 18.4 Å². The van der Waals surface area contributed by atoms with Crippen LogP contribution in [0.1, 0.15) is 44.9 Å². The molecule has 0 heterocycles. The Morgan fingerprint density at radius 3 is 2.31 bits per heavy atom. The van der Waals surface area contributed by atoms with Crippen LogP contribution in [-0.2, 0) is 0 Å². The maximum Gasteiger partial charge on any atom is 0.0139 e. The van der Waals surface area contributed by atoms with Crippen molar-refractivity contribution >= 4 is 0 Å². The Hall–Kier alpha value is -0.300. The number of allylic oxidation sites excluding steroid dienone is 1. The van der Waals surface area contributed by atoms with E-state index in [1.165, 1.54) is 44.9 Å². The highest BCUT2D eigenvalue weighted by Crippen LogP contribution is 2.35. The molecule has 0 unspecified atom stereocenters. The summed E-state index contributed by atoms with van der Waals surface area (Å²) in [5.74, 6) is 1.75. The van der Waals surface area contributed by atoms with Crippen LogP contribution >= 0.6 is 0 Å². The Labute approximate surface area is 81.4 Å². The molecule has 0 radical (unpaired) electrons. The zero-order valence-corrected chi connectivity index (χ0v) is 8.47. The minimum absolute atomic E-state index is 0.807. The van der Waals surface area contributed by atoms with E-state index in [1.807, 2.05) is 0 Å². The molecule has 0 bridgehead atoms. The molecule has 0 amide bonds. The predicted molar refractivity (Wildman–Crippen MR) is 56.4 cm³/mol. The maximum absolute atomic E-state index is 5.81. The van der Waals surface area contributed by atoms with Gasteiger partial charge in [0.05, 0.1) is 0 Å². The molecule has 13 heavy (non-hydrogen) atoms. The number of hydrogen-bond donors (Lipinski definition) is 1. The van der Waals surface area contributed by atoms with E-state index in [0.29, 0.717) is 0 Å². The van der Waals surface area contributed by atoms with Crippen LogP contribution in [0.25, 0.3) is 0 Å². The van der Waals surface area contributed by atoms with Crippen LogP contribution in [0.4, 0.5) is 0 Å². The minimum atomic E-state index is 0.807. The van der Waals surface area contributed by atoms with Crippen LogP contribution in [0.3, 0.4) is 0 Å². The molecule has 0 aliphatic heterocycles. The van der Waals surface area contributed by atoms with E-state index >= 15 is 0 Å². The molecule has 2 fully saturated rings. The summed E-state index contributed by atoms with van der Waals surface area (Å²) in [4.78, 5) is 0. The zero-order valence-electron chi connectivity index (χ0n) is 8.47. The quantitative estimate of drug-likeness (QED) is 0.662. The van der Waals surface area contributed by atoms with E-state index in [9.17, 15) is 0 Å². The molecule has 0 saturated heterocycles. The van der Waals surface area contributed by atoms with Gasteiger partial charge in [-0.2, -0.15) is 0 Å². The van der Waals surface area contributed by atoms with E-state index in [4.69, 9.17) is 5.73 Å². The van der Waals surface area contributed by atoms with Gasteiger partial charge in [-0.05, 0) is 37.5 Å². The summed E-state index contributed by atoms with van der Waals surface area (Å²) in [5, 5.41) is 0. The van der Waals surface area contributed by atoms with Crippen molar-refractivity contribution in [3.63, 3.8) is 0 Å². The molecule has 1 nitrogen and oxygen atoms in total. The van der Waals surface area contributed by atoms with E-state index < -0.39 is 0 Å². The fourth-order valence-corrected chi connectivity index (χ4v) is 2.41. The van der Waals surface area contributed by atoms with Crippen LogP contribution in [0, 0.1) is 11.8 Å². The maximum atomic E-state index is 5.81. The number of rotatable bonds is 3. The topological polar surface area (TPSA) is 26.0 Å². The monoisotopic (exact) mass is 179 g/mol. The van der Waals surface area contributed by atoms with Gasteiger partial charge in [-0.3, -0.25) is 0 Å². The molecule has 2 aliphatic rings. The van der Waals surface area contributed by atoms with Gasteiger partial charge in [-0.25, -0.2) is 0 Å². The second kappa shape index (κ2) is 4.28. The molecule has 0 aromatic rings. The van der Waals surface area contributed by atoms with Gasteiger partial charge in [-0.1, -0.05) is 30.9 Å². The first kappa shape index (κ1) is 9.26. The van der Waals surface area contributed by atoms with Crippen molar-refractivity contribution in [3.05, 3.63) is 11.6 Å². The first-order valence-electron chi connectivity index (χ1n) is 5.81. The van der Waals surface area contributed by atoms with Gasteiger partial charge in [-0.15, -0.1) is 0 Å². The molecule has 2 rings (SSSR count). The van der Waals surface area contributed by atoms with Crippen LogP contribution in [0.15, 0.2) is 11.6 Å². The summed E-state index contributed by atoms with van der Waals surface area (Å²) < 4.78 is 0. The normalized spacial score (nSPS) is 26.4. The van der Waals surface area contributed by atoms with Crippen molar-refractivity contribution < 1.29 is 0 Å². The van der Waals surface area contributed by atoms with Gasteiger partial charge in [0.2, 0.25) is 0 Å². The molecule has 2 aliphatic carbocycles. The van der Waals surface area contributed by atoms with Gasteiger partial charge in [0.15, 0.2) is 0 Å². The SMILES string of the molecule is NCC(=CC1CC1)C1CCCCC1. The molecular weight excluding hydrogens is 158 g/mol. The lowest BCUT2D eigenvalue weighted by Crippen LogP contribution is -2.16. The fraction of sp³-hybridized carbons (Fsp3) is 0.833. The molecule has 2 saturated carbocycles. The van der Waals surface area contributed by atoms with Gasteiger partial charge < -0.3 is 5.73 Å². The standard InChI is InChI=1S/C12H21N/c13-9-12(8-10-6-7-10)11-4-2-1-3-5-11/h8,10-11H,1-7,9,13H2. The summed E-state index contributed by atoms with van der Waals surface area (Å²) >= 11 is 0. The molecule has 0 atom stereocenters. The second-order valence-corrected chi connectivity index (χ2v) is 4.62. The van der Waals surface area contributed by atoms with Crippen LogP contribution < -0.4 is 5.73 Å². The van der Waals surface area contributed by atoms with Gasteiger partial charge in [0, 0.05) is 6.54 Å². The molecule has 0 aromatic heterocycles. The average molecular weight is 179 g/mol. The first-order chi connectivity index (χ1) is 6.40. The van der Waals surface area contributed by atoms with Crippen molar-refractivity contribution in [2.24, 2.45) is 17.6 Å². The summed E-state index contributed by atoms with van der Waals surface area (Å²) in [6.07, 6.45) is 12.4. The van der Waals surface area contributed by atoms with Gasteiger partial charge in [0.1, 0.15) is 0 Å². The Balaban J connectivity index is 1.93. The Bertz CT molecular complexity index is 185. The lowest BCUT2D eigenvalue weighted by atomic mass is 9.83. The fourth-order valence-electron chi connectivity index (χ4n) is 2.41. The van der Waals surface area contributed by atoms with Gasteiger partial charge >= 0.3 is 0 Å². The second-order valence-electron chi connectivity index (χ2n) is 4.62. The number of nitrogens with two attached hydrogens (primary N) is 1. The third-order valence-electron chi connectivity index (χ3n) is 3.44. The molecule has 0 spiro atoms. The summed E-state index contributed by atoms with van der Waals surface area (Å²) in [6.45, 7) is 0.807. The summed E-state index contributed by atoms with van der Waals surface area (Å²) in [7, 11) is 0. The first-order valence-corrected chi connectivity index (χ1v) is 5.81. The summed E-state index contributed by atoms with van der Waals surface area (Å²) in [5.41, 5.74) is 7.38. The van der Waals surface area contributed by atoms with Crippen LogP contribution in [-0.4, -0.2) is 6.54 Å². The average Bonchev–Trinajstić information content (AvgIpc) is 2.99. The van der Waals surface area contributed by atoms with Crippen LogP contribution in [0.2, 0.25) is 0 Å². The highest BCUT2D eigenvalue weighted by molar-refractivity contribution is 5.13. The lowest BCUT2D eigenvalue weighted by molar-refractivity contribution is 0.398. The largest absolute Gasteiger partial charge is 0.327 e. The van der Waals surface area contributed by atoms with Crippen molar-refractivity contribution in [1.82, 2.24) is 0 Å². The molecule has 0 aromatic carbocycles. The van der Waals surface area contributed by atoms with Crippen molar-refractivity contribution in [3.8, 4) is 0 Å². The molecular formula is C12H21N. The minimum Gasteiger partial charge on any atom is -0.327 e. The van der Waals surface area contributed by atoms with Gasteiger partial charge in [0.25, 0.3) is 0 Å². The van der Waals surface area contributed by atoms with E-state index in [2.05, 4.69) is 6.08 Å². The van der Waals surface area contributed by atoms with Crippen molar-refractivity contribution in [2.75, 3.05) is 6.54 Å². The third-order valence-corrected chi connectivity index (χ3v) is 3.44. The van der Waals surface area contributed by atoms with Crippen LogP contribution in [0.5, 0.6) is 0 Å². The molecule has 1 heteroatoms. The van der Waals surface area contributed by atoms with E-state index in [1.54, 1.807) is 5.57 Å². The lowest BCUT2D eigenvalue weighted by Gasteiger charge is -2.23. The zero-order chi connectivity index (χ0) is 9.10. The van der Waals surface area contributed by atoms with Crippen molar-refractivity contribution in [1.29, 1.82) is 0 Å². The number of hydrogen-bond acceptors (Lipinski definition) is 1. The molecule has 74 valence electrons. The van der Waals surface area contributed by atoms with Crippen molar-refractivity contribution in [2.45, 2.75) is 44.9 Å². The highest BCUT2D eigenvalue weighted by Gasteiger charge is 2.22. The summed E-state index contributed by atoms with van der Waals surface area (Å²) in [6, 6.07) is 0.